The molecule has 1 N–H and O–H groups in total. The Hall–Kier alpha value is -1.91. The van der Waals surface area contributed by atoms with Gasteiger partial charge < -0.3 is 10.1 Å². The molecule has 1 aliphatic rings. The second-order valence-corrected chi connectivity index (χ2v) is 4.52. The minimum atomic E-state index is -0.778. The van der Waals surface area contributed by atoms with E-state index in [-0.39, 0.29) is 11.9 Å². The van der Waals surface area contributed by atoms with E-state index in [4.69, 9.17) is 4.74 Å². The molecule has 2 rings (SSSR count). The standard InChI is InChI=1S/C13H16N2O3/c1-8-3-4-10(7-14-8)13(17)18-9(2)12(16)15-11-5-6-11/h3-4,7,9,11H,5-6H2,1-2H3,(H,15,16). The fourth-order valence-corrected chi connectivity index (χ4v) is 1.42. The molecule has 0 saturated heterocycles. The zero-order valence-corrected chi connectivity index (χ0v) is 10.5. The summed E-state index contributed by atoms with van der Waals surface area (Å²) >= 11 is 0. The lowest BCUT2D eigenvalue weighted by molar-refractivity contribution is -0.129. The average Bonchev–Trinajstić information content (AvgIpc) is 3.13. The van der Waals surface area contributed by atoms with Crippen LogP contribution >= 0.6 is 0 Å². The van der Waals surface area contributed by atoms with Crippen molar-refractivity contribution in [2.45, 2.75) is 38.8 Å². The number of esters is 1. The molecule has 1 unspecified atom stereocenters. The van der Waals surface area contributed by atoms with Gasteiger partial charge in [-0.15, -0.1) is 0 Å². The molecule has 1 aromatic heterocycles. The van der Waals surface area contributed by atoms with Crippen LogP contribution in [-0.2, 0) is 9.53 Å². The predicted molar refractivity (Wildman–Crippen MR) is 65.0 cm³/mol. The van der Waals surface area contributed by atoms with Crippen LogP contribution in [0.4, 0.5) is 0 Å². The van der Waals surface area contributed by atoms with Gasteiger partial charge >= 0.3 is 5.97 Å². The zero-order valence-electron chi connectivity index (χ0n) is 10.5. The number of carbonyl (C=O) groups excluding carboxylic acids is 2. The molecule has 1 fully saturated rings. The highest BCUT2D eigenvalue weighted by Gasteiger charge is 2.27. The van der Waals surface area contributed by atoms with Crippen molar-refractivity contribution >= 4 is 11.9 Å². The van der Waals surface area contributed by atoms with Gasteiger partial charge in [0.1, 0.15) is 0 Å². The number of hydrogen-bond donors (Lipinski definition) is 1. The van der Waals surface area contributed by atoms with E-state index in [1.807, 2.05) is 6.92 Å². The van der Waals surface area contributed by atoms with Crippen molar-refractivity contribution in [2.24, 2.45) is 0 Å². The smallest absolute Gasteiger partial charge is 0.340 e. The Morgan fingerprint density at radius 3 is 2.72 bits per heavy atom. The molecule has 1 atom stereocenters. The third-order valence-corrected chi connectivity index (χ3v) is 2.72. The first-order valence-corrected chi connectivity index (χ1v) is 6.00. The van der Waals surface area contributed by atoms with E-state index in [1.165, 1.54) is 6.20 Å². The van der Waals surface area contributed by atoms with Gasteiger partial charge in [-0.05, 0) is 38.8 Å². The highest BCUT2D eigenvalue weighted by atomic mass is 16.5. The Kier molecular flexibility index (Phi) is 3.60. The highest BCUT2D eigenvalue weighted by molar-refractivity contribution is 5.92. The molecule has 1 amide bonds. The third kappa shape index (κ3) is 3.29. The molecule has 5 heteroatoms. The number of amides is 1. The summed E-state index contributed by atoms with van der Waals surface area (Å²) in [5.74, 6) is -0.771. The minimum absolute atomic E-state index is 0.245. The van der Waals surface area contributed by atoms with E-state index in [0.29, 0.717) is 5.56 Å². The molecule has 1 heterocycles. The molecule has 1 aliphatic carbocycles. The summed E-state index contributed by atoms with van der Waals surface area (Å²) in [6.07, 6.45) is 2.69. The molecule has 0 aliphatic heterocycles. The van der Waals surface area contributed by atoms with Crippen LogP contribution < -0.4 is 5.32 Å². The summed E-state index contributed by atoms with van der Waals surface area (Å²) in [7, 11) is 0. The topological polar surface area (TPSA) is 68.3 Å². The molecule has 0 spiro atoms. The Bertz CT molecular complexity index is 452. The number of aryl methyl sites for hydroxylation is 1. The average molecular weight is 248 g/mol. The fourth-order valence-electron chi connectivity index (χ4n) is 1.42. The lowest BCUT2D eigenvalue weighted by Crippen LogP contribution is -2.37. The Labute approximate surface area is 106 Å². The quantitative estimate of drug-likeness (QED) is 0.813. The number of carbonyl (C=O) groups is 2. The van der Waals surface area contributed by atoms with Crippen molar-refractivity contribution in [2.75, 3.05) is 0 Å². The van der Waals surface area contributed by atoms with E-state index in [2.05, 4.69) is 10.3 Å². The van der Waals surface area contributed by atoms with Crippen LogP contribution in [0.1, 0.15) is 35.8 Å². The number of hydrogen-bond acceptors (Lipinski definition) is 4. The largest absolute Gasteiger partial charge is 0.449 e. The first-order chi connectivity index (χ1) is 8.56. The molecule has 0 radical (unpaired) electrons. The Morgan fingerprint density at radius 1 is 1.44 bits per heavy atom. The molecule has 5 nitrogen and oxygen atoms in total. The summed E-state index contributed by atoms with van der Waals surface area (Å²) in [6, 6.07) is 3.63. The monoisotopic (exact) mass is 248 g/mol. The normalized spacial score (nSPS) is 15.9. The van der Waals surface area contributed by atoms with Crippen molar-refractivity contribution in [1.82, 2.24) is 10.3 Å². The summed E-state index contributed by atoms with van der Waals surface area (Å²) < 4.78 is 5.08. The number of nitrogens with zero attached hydrogens (tertiary/aromatic N) is 1. The van der Waals surface area contributed by atoms with Gasteiger partial charge in [0.15, 0.2) is 6.10 Å². The van der Waals surface area contributed by atoms with Crippen LogP contribution in [0, 0.1) is 6.92 Å². The van der Waals surface area contributed by atoms with E-state index in [9.17, 15) is 9.59 Å². The third-order valence-electron chi connectivity index (χ3n) is 2.72. The first kappa shape index (κ1) is 12.5. The van der Waals surface area contributed by atoms with Crippen LogP contribution in [0.25, 0.3) is 0 Å². The van der Waals surface area contributed by atoms with Gasteiger partial charge in [-0.2, -0.15) is 0 Å². The lowest BCUT2D eigenvalue weighted by Gasteiger charge is -2.12. The maximum atomic E-state index is 11.7. The molecule has 18 heavy (non-hydrogen) atoms. The van der Waals surface area contributed by atoms with Gasteiger partial charge in [-0.25, -0.2) is 4.79 Å². The molecule has 1 aromatic rings. The summed E-state index contributed by atoms with van der Waals surface area (Å²) in [5, 5.41) is 2.79. The predicted octanol–water partition coefficient (Wildman–Crippen LogP) is 1.21. The second kappa shape index (κ2) is 5.16. The van der Waals surface area contributed by atoms with E-state index in [0.717, 1.165) is 18.5 Å². The minimum Gasteiger partial charge on any atom is -0.449 e. The van der Waals surface area contributed by atoms with Gasteiger partial charge in [0.2, 0.25) is 0 Å². The summed E-state index contributed by atoms with van der Waals surface area (Å²) in [5.41, 5.74) is 1.18. The molecule has 0 bridgehead atoms. The maximum absolute atomic E-state index is 11.7. The van der Waals surface area contributed by atoms with Gasteiger partial charge in [0, 0.05) is 17.9 Å². The van der Waals surface area contributed by atoms with Crippen molar-refractivity contribution in [3.05, 3.63) is 29.6 Å². The zero-order chi connectivity index (χ0) is 13.1. The first-order valence-electron chi connectivity index (χ1n) is 6.00. The fraction of sp³-hybridized carbons (Fsp3) is 0.462. The van der Waals surface area contributed by atoms with E-state index in [1.54, 1.807) is 19.1 Å². The van der Waals surface area contributed by atoms with Gasteiger partial charge in [-0.1, -0.05) is 0 Å². The highest BCUT2D eigenvalue weighted by Crippen LogP contribution is 2.18. The summed E-state index contributed by atoms with van der Waals surface area (Å²) in [4.78, 5) is 27.3. The molecular weight excluding hydrogens is 232 g/mol. The molecule has 1 saturated carbocycles. The Balaban J connectivity index is 1.89. The van der Waals surface area contributed by atoms with Crippen molar-refractivity contribution < 1.29 is 14.3 Å². The second-order valence-electron chi connectivity index (χ2n) is 4.52. The molecule has 0 aromatic carbocycles. The van der Waals surface area contributed by atoms with Crippen molar-refractivity contribution in [3.8, 4) is 0 Å². The number of nitrogens with one attached hydrogen (secondary N) is 1. The maximum Gasteiger partial charge on any atom is 0.340 e. The SMILES string of the molecule is Cc1ccc(C(=O)OC(C)C(=O)NC2CC2)cn1. The van der Waals surface area contributed by atoms with E-state index >= 15 is 0 Å². The Morgan fingerprint density at radius 2 is 2.17 bits per heavy atom. The molecule has 96 valence electrons. The number of rotatable bonds is 4. The number of pyridine rings is 1. The van der Waals surface area contributed by atoms with Gasteiger partial charge in [0.05, 0.1) is 5.56 Å². The van der Waals surface area contributed by atoms with Crippen LogP contribution in [0.5, 0.6) is 0 Å². The molecular formula is C13H16N2O3. The van der Waals surface area contributed by atoms with Gasteiger partial charge in [-0.3, -0.25) is 9.78 Å². The number of aromatic nitrogens is 1. The van der Waals surface area contributed by atoms with Crippen LogP contribution in [0.15, 0.2) is 18.3 Å². The van der Waals surface area contributed by atoms with Gasteiger partial charge in [0.25, 0.3) is 5.91 Å². The van der Waals surface area contributed by atoms with Crippen molar-refractivity contribution in [3.63, 3.8) is 0 Å². The number of ether oxygens (including phenoxy) is 1. The van der Waals surface area contributed by atoms with Crippen LogP contribution in [0.2, 0.25) is 0 Å². The van der Waals surface area contributed by atoms with Crippen LogP contribution in [0.3, 0.4) is 0 Å². The summed E-state index contributed by atoms with van der Waals surface area (Å²) in [6.45, 7) is 3.40. The van der Waals surface area contributed by atoms with Crippen molar-refractivity contribution in [1.29, 1.82) is 0 Å². The van der Waals surface area contributed by atoms with E-state index < -0.39 is 12.1 Å². The lowest BCUT2D eigenvalue weighted by atomic mass is 10.2. The van der Waals surface area contributed by atoms with Crippen LogP contribution in [-0.4, -0.2) is 29.0 Å².